The summed E-state index contributed by atoms with van der Waals surface area (Å²) in [7, 11) is -4.41. The summed E-state index contributed by atoms with van der Waals surface area (Å²) in [5, 5.41) is 14.2. The fraction of sp³-hybridized carbons (Fsp3) is 0.111. The van der Waals surface area contributed by atoms with Gasteiger partial charge in [-0.25, -0.2) is 18.4 Å². The van der Waals surface area contributed by atoms with E-state index in [0.717, 1.165) is 23.5 Å². The summed E-state index contributed by atoms with van der Waals surface area (Å²) in [6.07, 6.45) is -0.849. The van der Waals surface area contributed by atoms with Crippen molar-refractivity contribution in [3.8, 4) is 0 Å². The maximum absolute atomic E-state index is 12.7. The van der Waals surface area contributed by atoms with E-state index in [1.807, 2.05) is 0 Å². The van der Waals surface area contributed by atoms with Gasteiger partial charge in [0.2, 0.25) is 10.0 Å². The van der Waals surface area contributed by atoms with Crippen molar-refractivity contribution in [2.45, 2.75) is 10.7 Å². The fourth-order valence-corrected chi connectivity index (χ4v) is 5.82. The SMILES string of the molecule is NS(=O)(=O)C(C(=O)OC(c1ccccc1)c1ccccc1)=C1SC(C(=O)O)S1. The number of primary sulfonamides is 1. The first-order chi connectivity index (χ1) is 13.3. The van der Waals surface area contributed by atoms with E-state index in [1.165, 1.54) is 0 Å². The molecule has 0 radical (unpaired) electrons. The number of carbonyl (C=O) groups excluding carboxylic acids is 1. The molecule has 0 bridgehead atoms. The molecule has 0 spiro atoms. The Bertz CT molecular complexity index is 974. The van der Waals surface area contributed by atoms with Crippen molar-refractivity contribution in [2.75, 3.05) is 0 Å². The fourth-order valence-electron chi connectivity index (χ4n) is 2.47. The number of esters is 1. The van der Waals surface area contributed by atoms with Crippen LogP contribution in [0, 0.1) is 0 Å². The lowest BCUT2D eigenvalue weighted by Gasteiger charge is -2.26. The van der Waals surface area contributed by atoms with Gasteiger partial charge in [-0.05, 0) is 11.1 Å². The number of nitrogens with two attached hydrogens (primary N) is 1. The van der Waals surface area contributed by atoms with Crippen molar-refractivity contribution in [2.24, 2.45) is 5.14 Å². The number of carbonyl (C=O) groups is 2. The minimum atomic E-state index is -4.41. The van der Waals surface area contributed by atoms with E-state index >= 15 is 0 Å². The van der Waals surface area contributed by atoms with Crippen LogP contribution >= 0.6 is 23.5 Å². The molecule has 7 nitrogen and oxygen atoms in total. The molecule has 3 N–H and O–H groups in total. The lowest BCUT2D eigenvalue weighted by Crippen LogP contribution is -2.28. The molecular formula is C18H15NO6S3. The van der Waals surface area contributed by atoms with Crippen LogP contribution in [0.3, 0.4) is 0 Å². The number of carboxylic acid groups (broad SMARTS) is 1. The van der Waals surface area contributed by atoms with Gasteiger partial charge in [0.05, 0.1) is 4.24 Å². The maximum Gasteiger partial charge on any atom is 0.353 e. The lowest BCUT2D eigenvalue weighted by atomic mass is 10.0. The molecule has 1 aliphatic rings. The first-order valence-electron chi connectivity index (χ1n) is 7.91. The Morgan fingerprint density at radius 3 is 1.82 bits per heavy atom. The van der Waals surface area contributed by atoms with E-state index in [0.29, 0.717) is 11.1 Å². The predicted molar refractivity (Wildman–Crippen MR) is 108 cm³/mol. The minimum Gasteiger partial charge on any atom is -0.480 e. The van der Waals surface area contributed by atoms with E-state index in [-0.39, 0.29) is 4.24 Å². The number of rotatable bonds is 6. The number of hydrogen-bond donors (Lipinski definition) is 2. The second kappa shape index (κ2) is 8.39. The summed E-state index contributed by atoms with van der Waals surface area (Å²) in [5.74, 6) is -2.24. The molecule has 0 atom stereocenters. The Hall–Kier alpha value is -2.27. The van der Waals surface area contributed by atoms with E-state index < -0.39 is 37.6 Å². The smallest absolute Gasteiger partial charge is 0.353 e. The van der Waals surface area contributed by atoms with Crippen molar-refractivity contribution in [3.63, 3.8) is 0 Å². The third kappa shape index (κ3) is 4.58. The average molecular weight is 438 g/mol. The Balaban J connectivity index is 1.95. The lowest BCUT2D eigenvalue weighted by molar-refractivity contribution is -0.142. The number of ether oxygens (including phenoxy) is 1. The normalized spacial score (nSPS) is 16.4. The first-order valence-corrected chi connectivity index (χ1v) is 11.2. The minimum absolute atomic E-state index is 0.0137. The molecule has 0 aliphatic carbocycles. The average Bonchev–Trinajstić information content (AvgIpc) is 2.62. The Morgan fingerprint density at radius 2 is 1.43 bits per heavy atom. The van der Waals surface area contributed by atoms with E-state index in [1.54, 1.807) is 60.7 Å². The molecule has 10 heteroatoms. The molecule has 0 amide bonds. The van der Waals surface area contributed by atoms with Crippen LogP contribution in [0.5, 0.6) is 0 Å². The summed E-state index contributed by atoms with van der Waals surface area (Å²) in [6.45, 7) is 0. The quantitative estimate of drug-likeness (QED) is 0.522. The molecule has 28 heavy (non-hydrogen) atoms. The van der Waals surface area contributed by atoms with Crippen LogP contribution in [0.25, 0.3) is 0 Å². The van der Waals surface area contributed by atoms with Gasteiger partial charge in [0.1, 0.15) is 0 Å². The highest BCUT2D eigenvalue weighted by molar-refractivity contribution is 8.39. The number of benzene rings is 2. The van der Waals surface area contributed by atoms with Gasteiger partial charge < -0.3 is 9.84 Å². The van der Waals surface area contributed by atoms with Gasteiger partial charge in [-0.3, -0.25) is 4.79 Å². The van der Waals surface area contributed by atoms with Crippen LogP contribution in [-0.2, 0) is 24.3 Å². The molecule has 0 unspecified atom stereocenters. The Kier molecular flexibility index (Phi) is 6.14. The highest BCUT2D eigenvalue weighted by atomic mass is 32.3. The molecule has 2 aromatic rings. The highest BCUT2D eigenvalue weighted by Crippen LogP contribution is 2.53. The molecule has 1 fully saturated rings. The van der Waals surface area contributed by atoms with Gasteiger partial charge in [-0.1, -0.05) is 84.2 Å². The van der Waals surface area contributed by atoms with Gasteiger partial charge in [0, 0.05) is 0 Å². The molecule has 0 aromatic heterocycles. The second-order valence-electron chi connectivity index (χ2n) is 5.67. The van der Waals surface area contributed by atoms with Crippen LogP contribution in [0.4, 0.5) is 0 Å². The summed E-state index contributed by atoms with van der Waals surface area (Å²) in [6, 6.07) is 17.7. The van der Waals surface area contributed by atoms with E-state index in [9.17, 15) is 18.0 Å². The van der Waals surface area contributed by atoms with Crippen molar-refractivity contribution in [1.82, 2.24) is 0 Å². The molecule has 0 saturated carbocycles. The molecule has 2 aromatic carbocycles. The molecule has 1 saturated heterocycles. The molecule has 1 aliphatic heterocycles. The van der Waals surface area contributed by atoms with Gasteiger partial charge in [0.15, 0.2) is 15.6 Å². The Labute approximate surface area is 170 Å². The van der Waals surface area contributed by atoms with Crippen LogP contribution in [-0.4, -0.2) is 30.0 Å². The second-order valence-corrected chi connectivity index (χ2v) is 9.96. The molecule has 3 rings (SSSR count). The topological polar surface area (TPSA) is 124 Å². The number of thioether (sulfide) groups is 2. The van der Waals surface area contributed by atoms with Crippen molar-refractivity contribution in [1.29, 1.82) is 0 Å². The zero-order valence-electron chi connectivity index (χ0n) is 14.2. The summed E-state index contributed by atoms with van der Waals surface area (Å²) >= 11 is 1.49. The predicted octanol–water partition coefficient (Wildman–Crippen LogP) is 2.67. The van der Waals surface area contributed by atoms with Crippen molar-refractivity contribution < 1.29 is 27.9 Å². The standard InChI is InChI=1S/C18H15NO6S3/c19-28(23,24)14(17-26-18(27-17)15(20)21)16(22)25-13(11-7-3-1-4-8-11)12-9-5-2-6-10-12/h1-10,13,18H,(H,20,21)(H2,19,23,24). The third-order valence-corrected chi connectivity index (χ3v) is 7.74. The zero-order valence-corrected chi connectivity index (χ0v) is 16.7. The van der Waals surface area contributed by atoms with Gasteiger partial charge in [0.25, 0.3) is 0 Å². The zero-order chi connectivity index (χ0) is 20.3. The largest absolute Gasteiger partial charge is 0.480 e. The summed E-state index contributed by atoms with van der Waals surface area (Å²) in [4.78, 5) is 23.0. The third-order valence-electron chi connectivity index (χ3n) is 3.71. The van der Waals surface area contributed by atoms with Crippen LogP contribution in [0.2, 0.25) is 0 Å². The van der Waals surface area contributed by atoms with Gasteiger partial charge >= 0.3 is 11.9 Å². The summed E-state index contributed by atoms with van der Waals surface area (Å²) < 4.78 is 28.6. The Morgan fingerprint density at radius 1 is 0.964 bits per heavy atom. The van der Waals surface area contributed by atoms with E-state index in [4.69, 9.17) is 15.0 Å². The van der Waals surface area contributed by atoms with Crippen LogP contribution in [0.15, 0.2) is 69.8 Å². The maximum atomic E-state index is 12.7. The van der Waals surface area contributed by atoms with Crippen LogP contribution in [0.1, 0.15) is 17.2 Å². The molecule has 146 valence electrons. The van der Waals surface area contributed by atoms with Crippen molar-refractivity contribution in [3.05, 3.63) is 80.9 Å². The first kappa shape index (κ1) is 20.5. The van der Waals surface area contributed by atoms with Crippen molar-refractivity contribution >= 4 is 45.5 Å². The van der Waals surface area contributed by atoms with Crippen LogP contribution < -0.4 is 5.14 Å². The molecule has 1 heterocycles. The number of sulfonamides is 1. The van der Waals surface area contributed by atoms with E-state index in [2.05, 4.69) is 0 Å². The summed E-state index contributed by atoms with van der Waals surface area (Å²) in [5.41, 5.74) is 1.30. The van der Waals surface area contributed by atoms with Gasteiger partial charge in [-0.2, -0.15) is 0 Å². The number of aliphatic carboxylic acids is 1. The molecular weight excluding hydrogens is 422 g/mol. The highest BCUT2D eigenvalue weighted by Gasteiger charge is 2.40. The van der Waals surface area contributed by atoms with Gasteiger partial charge in [-0.15, -0.1) is 0 Å². The number of carboxylic acids is 1. The number of hydrogen-bond acceptors (Lipinski definition) is 7. The monoisotopic (exact) mass is 437 g/mol.